The summed E-state index contributed by atoms with van der Waals surface area (Å²) in [6.45, 7) is 0.277. The molecule has 0 N–H and O–H groups in total. The molecule has 0 spiro atoms. The highest BCUT2D eigenvalue weighted by molar-refractivity contribution is 5.53. The quantitative estimate of drug-likeness (QED) is 0.699. The van der Waals surface area contributed by atoms with E-state index >= 15 is 0 Å². The van der Waals surface area contributed by atoms with Crippen molar-refractivity contribution < 1.29 is 13.9 Å². The van der Waals surface area contributed by atoms with Gasteiger partial charge in [0.1, 0.15) is 11.5 Å². The van der Waals surface area contributed by atoms with Crippen LogP contribution in [0.25, 0.3) is 11.5 Å². The lowest BCUT2D eigenvalue weighted by atomic mass is 9.91. The molecule has 0 atom stereocenters. The Kier molecular flexibility index (Phi) is 4.37. The smallest absolute Gasteiger partial charge is 0.254 e. The fourth-order valence-electron chi connectivity index (χ4n) is 3.18. The van der Waals surface area contributed by atoms with Crippen LogP contribution in [0.4, 0.5) is 0 Å². The lowest BCUT2D eigenvalue weighted by Gasteiger charge is -2.18. The third-order valence-electron chi connectivity index (χ3n) is 4.51. The molecule has 4 rings (SSSR count). The van der Waals surface area contributed by atoms with Crippen molar-refractivity contribution in [1.29, 1.82) is 0 Å². The zero-order chi connectivity index (χ0) is 17.1. The number of methoxy groups -OCH3 is 1. The van der Waals surface area contributed by atoms with Gasteiger partial charge in [-0.1, -0.05) is 12.1 Å². The molecule has 0 aliphatic heterocycles. The number of fused-ring (bicyclic) bond motifs is 1. The fourth-order valence-corrected chi connectivity index (χ4v) is 3.18. The molecule has 1 aromatic heterocycles. The molecule has 0 bridgehead atoms. The maximum absolute atomic E-state index is 5.96. The van der Waals surface area contributed by atoms with Crippen LogP contribution in [-0.2, 0) is 19.4 Å². The highest BCUT2D eigenvalue weighted by atomic mass is 16.5. The molecule has 0 unspecified atom stereocenters. The zero-order valence-electron chi connectivity index (χ0n) is 14.2. The van der Waals surface area contributed by atoms with Crippen molar-refractivity contribution in [3.63, 3.8) is 0 Å². The Hall–Kier alpha value is -2.82. The van der Waals surface area contributed by atoms with Gasteiger partial charge in [-0.3, -0.25) is 0 Å². The molecule has 1 heterocycles. The van der Waals surface area contributed by atoms with Crippen molar-refractivity contribution in [3.8, 4) is 23.0 Å². The molecule has 128 valence electrons. The van der Waals surface area contributed by atoms with Gasteiger partial charge in [0.15, 0.2) is 6.61 Å². The highest BCUT2D eigenvalue weighted by Crippen LogP contribution is 2.30. The molecule has 0 amide bonds. The molecule has 25 heavy (non-hydrogen) atoms. The number of ether oxygens (including phenoxy) is 2. The van der Waals surface area contributed by atoms with Gasteiger partial charge in [0.05, 0.1) is 7.11 Å². The number of hydrogen-bond donors (Lipinski definition) is 0. The molecule has 0 radical (unpaired) electrons. The first-order valence-corrected chi connectivity index (χ1v) is 8.54. The molecule has 0 saturated heterocycles. The van der Waals surface area contributed by atoms with Gasteiger partial charge in [-0.2, -0.15) is 0 Å². The van der Waals surface area contributed by atoms with E-state index in [1.165, 1.54) is 24.0 Å². The van der Waals surface area contributed by atoms with E-state index in [-0.39, 0.29) is 6.61 Å². The average molecular weight is 336 g/mol. The Labute approximate surface area is 146 Å². The van der Waals surface area contributed by atoms with E-state index in [1.807, 2.05) is 30.3 Å². The molecular formula is C20H20N2O3. The number of aromatic nitrogens is 2. The van der Waals surface area contributed by atoms with Crippen LogP contribution in [0.3, 0.4) is 0 Å². The van der Waals surface area contributed by atoms with Crippen molar-refractivity contribution in [2.45, 2.75) is 32.3 Å². The summed E-state index contributed by atoms with van der Waals surface area (Å²) in [6, 6.07) is 13.8. The van der Waals surface area contributed by atoms with Gasteiger partial charge < -0.3 is 13.9 Å². The molecule has 0 saturated carbocycles. The Morgan fingerprint density at radius 1 is 1.00 bits per heavy atom. The van der Waals surface area contributed by atoms with Crippen molar-refractivity contribution in [1.82, 2.24) is 10.2 Å². The van der Waals surface area contributed by atoms with Gasteiger partial charge in [0.2, 0.25) is 5.89 Å². The Bertz CT molecular complexity index is 856. The van der Waals surface area contributed by atoms with Crippen molar-refractivity contribution in [2.75, 3.05) is 7.11 Å². The molecule has 1 aliphatic rings. The van der Waals surface area contributed by atoms with Crippen LogP contribution in [0.15, 0.2) is 46.9 Å². The van der Waals surface area contributed by atoms with Crippen molar-refractivity contribution in [3.05, 3.63) is 59.5 Å². The summed E-state index contributed by atoms with van der Waals surface area (Å²) in [4.78, 5) is 0. The summed E-state index contributed by atoms with van der Waals surface area (Å²) in [5, 5.41) is 8.19. The second-order valence-electron chi connectivity index (χ2n) is 6.12. The average Bonchev–Trinajstić information content (AvgIpc) is 3.15. The van der Waals surface area contributed by atoms with E-state index in [1.54, 1.807) is 7.11 Å². The van der Waals surface area contributed by atoms with Crippen LogP contribution in [-0.4, -0.2) is 17.3 Å². The second-order valence-corrected chi connectivity index (χ2v) is 6.12. The van der Waals surface area contributed by atoms with E-state index in [2.05, 4.69) is 22.3 Å². The number of hydrogen-bond acceptors (Lipinski definition) is 5. The normalized spacial score (nSPS) is 13.3. The van der Waals surface area contributed by atoms with Gasteiger partial charge in [0, 0.05) is 5.56 Å². The monoisotopic (exact) mass is 336 g/mol. The Morgan fingerprint density at radius 3 is 2.68 bits per heavy atom. The SMILES string of the molecule is COc1ccc(-c2nnc(COc3cccc4c3CCCC4)o2)cc1. The third kappa shape index (κ3) is 3.36. The van der Waals surface area contributed by atoms with Gasteiger partial charge in [-0.15, -0.1) is 10.2 Å². The molecule has 5 nitrogen and oxygen atoms in total. The number of benzene rings is 2. The van der Waals surface area contributed by atoms with E-state index in [0.29, 0.717) is 11.8 Å². The van der Waals surface area contributed by atoms with E-state index in [9.17, 15) is 0 Å². The highest BCUT2D eigenvalue weighted by Gasteiger charge is 2.15. The largest absolute Gasteiger partial charge is 0.497 e. The zero-order valence-corrected chi connectivity index (χ0v) is 14.2. The topological polar surface area (TPSA) is 57.4 Å². The first-order chi connectivity index (χ1) is 12.3. The maximum Gasteiger partial charge on any atom is 0.254 e. The first kappa shape index (κ1) is 15.7. The van der Waals surface area contributed by atoms with Crippen LogP contribution in [0, 0.1) is 0 Å². The van der Waals surface area contributed by atoms with Crippen molar-refractivity contribution in [2.24, 2.45) is 0 Å². The van der Waals surface area contributed by atoms with Gasteiger partial charge in [-0.25, -0.2) is 0 Å². The minimum atomic E-state index is 0.277. The second kappa shape index (κ2) is 6.97. The fraction of sp³-hybridized carbons (Fsp3) is 0.300. The third-order valence-corrected chi connectivity index (χ3v) is 4.51. The van der Waals surface area contributed by atoms with Crippen LogP contribution in [0.1, 0.15) is 29.9 Å². The van der Waals surface area contributed by atoms with Crippen LogP contribution in [0.2, 0.25) is 0 Å². The minimum absolute atomic E-state index is 0.277. The van der Waals surface area contributed by atoms with Gasteiger partial charge in [-0.05, 0) is 67.1 Å². The summed E-state index contributed by atoms with van der Waals surface area (Å²) < 4.78 is 16.8. The lowest BCUT2D eigenvalue weighted by Crippen LogP contribution is -2.06. The predicted molar refractivity (Wildman–Crippen MR) is 93.7 cm³/mol. The predicted octanol–water partition coefficient (Wildman–Crippen LogP) is 4.20. The van der Waals surface area contributed by atoms with Crippen molar-refractivity contribution >= 4 is 0 Å². The molecule has 2 aromatic carbocycles. The van der Waals surface area contributed by atoms with Gasteiger partial charge in [0.25, 0.3) is 5.89 Å². The summed E-state index contributed by atoms with van der Waals surface area (Å²) in [7, 11) is 1.64. The van der Waals surface area contributed by atoms with E-state index in [4.69, 9.17) is 13.9 Å². The standard InChI is InChI=1S/C20H20N2O3/c1-23-16-11-9-15(10-12-16)20-22-21-19(25-20)13-24-18-8-4-6-14-5-2-3-7-17(14)18/h4,6,8-12H,2-3,5,7,13H2,1H3. The number of rotatable bonds is 5. The lowest BCUT2D eigenvalue weighted by molar-refractivity contribution is 0.261. The molecule has 5 heteroatoms. The number of aryl methyl sites for hydroxylation is 1. The molecular weight excluding hydrogens is 316 g/mol. The Morgan fingerprint density at radius 2 is 1.84 bits per heavy atom. The number of nitrogens with zero attached hydrogens (tertiary/aromatic N) is 2. The summed E-state index contributed by atoms with van der Waals surface area (Å²) in [5.74, 6) is 2.68. The van der Waals surface area contributed by atoms with E-state index in [0.717, 1.165) is 29.9 Å². The first-order valence-electron chi connectivity index (χ1n) is 8.54. The maximum atomic E-state index is 5.96. The Balaban J connectivity index is 1.46. The molecule has 1 aliphatic carbocycles. The van der Waals surface area contributed by atoms with E-state index < -0.39 is 0 Å². The van der Waals surface area contributed by atoms with Gasteiger partial charge >= 0.3 is 0 Å². The summed E-state index contributed by atoms with van der Waals surface area (Å²) in [5.41, 5.74) is 3.58. The summed E-state index contributed by atoms with van der Waals surface area (Å²) in [6.07, 6.45) is 4.68. The van der Waals surface area contributed by atoms with Crippen LogP contribution in [0.5, 0.6) is 11.5 Å². The minimum Gasteiger partial charge on any atom is -0.497 e. The summed E-state index contributed by atoms with van der Waals surface area (Å²) >= 11 is 0. The molecule has 0 fully saturated rings. The van der Waals surface area contributed by atoms with Crippen LogP contribution >= 0.6 is 0 Å². The van der Waals surface area contributed by atoms with Crippen LogP contribution < -0.4 is 9.47 Å². The molecule has 3 aromatic rings.